The van der Waals surface area contributed by atoms with Gasteiger partial charge in [-0.3, -0.25) is 0 Å². The minimum atomic E-state index is 0.739. The largest absolute Gasteiger partial charge is 0.397 e. The molecule has 1 fully saturated rings. The first-order chi connectivity index (χ1) is 8.25. The molecule has 0 atom stereocenters. The van der Waals surface area contributed by atoms with Crippen LogP contribution in [0.5, 0.6) is 0 Å². The molecule has 1 aromatic rings. The Morgan fingerprint density at radius 3 is 3.06 bits per heavy atom. The Hall–Kier alpha value is -1.29. The van der Waals surface area contributed by atoms with E-state index in [1.165, 1.54) is 12.8 Å². The Balaban J connectivity index is 1.58. The van der Waals surface area contributed by atoms with Crippen LogP contribution in [0.2, 0.25) is 0 Å². The minimum Gasteiger partial charge on any atom is -0.397 e. The van der Waals surface area contributed by atoms with Crippen molar-refractivity contribution < 1.29 is 4.74 Å². The fraction of sp³-hybridized carbons (Fsp3) is 0.615. The van der Waals surface area contributed by atoms with Crippen molar-refractivity contribution in [1.29, 1.82) is 0 Å². The van der Waals surface area contributed by atoms with E-state index in [2.05, 4.69) is 10.3 Å². The van der Waals surface area contributed by atoms with Gasteiger partial charge in [0.25, 0.3) is 0 Å². The van der Waals surface area contributed by atoms with Gasteiger partial charge in [0.2, 0.25) is 0 Å². The van der Waals surface area contributed by atoms with Crippen LogP contribution in [-0.2, 0) is 4.74 Å². The van der Waals surface area contributed by atoms with Crippen molar-refractivity contribution in [2.75, 3.05) is 30.8 Å². The van der Waals surface area contributed by atoms with Crippen molar-refractivity contribution in [3.8, 4) is 0 Å². The first-order valence-corrected chi connectivity index (χ1v) is 6.29. The maximum Gasteiger partial charge on any atom is 0.126 e. The average Bonchev–Trinajstić information content (AvgIpc) is 3.12. The highest BCUT2D eigenvalue weighted by Gasteiger charge is 2.20. The van der Waals surface area contributed by atoms with Crippen LogP contribution in [-0.4, -0.2) is 24.7 Å². The van der Waals surface area contributed by atoms with E-state index >= 15 is 0 Å². The lowest BCUT2D eigenvalue weighted by Crippen LogP contribution is -2.08. The molecule has 0 amide bonds. The molecule has 0 unspecified atom stereocenters. The van der Waals surface area contributed by atoms with Crippen molar-refractivity contribution in [1.82, 2.24) is 4.98 Å². The smallest absolute Gasteiger partial charge is 0.126 e. The minimum absolute atomic E-state index is 0.739. The van der Waals surface area contributed by atoms with Crippen LogP contribution in [0.3, 0.4) is 0 Å². The Kier molecular flexibility index (Phi) is 4.20. The molecular weight excluding hydrogens is 214 g/mol. The standard InChI is InChI=1S/C13H21N3O/c1-10-7-13(16-8-12(10)14)15-5-2-6-17-9-11-3-4-11/h7-8,11H,2-6,9,14H2,1H3,(H,15,16). The van der Waals surface area contributed by atoms with E-state index in [9.17, 15) is 0 Å². The molecule has 4 nitrogen and oxygen atoms in total. The van der Waals surface area contributed by atoms with Crippen LogP contribution in [0.15, 0.2) is 12.3 Å². The normalized spacial score (nSPS) is 14.9. The lowest BCUT2D eigenvalue weighted by Gasteiger charge is -2.07. The number of nitrogens with one attached hydrogen (secondary N) is 1. The molecule has 94 valence electrons. The number of pyridine rings is 1. The fourth-order valence-corrected chi connectivity index (χ4v) is 1.59. The van der Waals surface area contributed by atoms with E-state index in [1.54, 1.807) is 6.20 Å². The molecule has 1 aliphatic carbocycles. The van der Waals surface area contributed by atoms with Gasteiger partial charge < -0.3 is 15.8 Å². The molecule has 0 radical (unpaired) electrons. The molecule has 1 aliphatic rings. The van der Waals surface area contributed by atoms with Crippen LogP contribution < -0.4 is 11.1 Å². The van der Waals surface area contributed by atoms with Crippen molar-refractivity contribution in [3.63, 3.8) is 0 Å². The Bertz CT molecular complexity index is 364. The number of hydrogen-bond acceptors (Lipinski definition) is 4. The monoisotopic (exact) mass is 235 g/mol. The Morgan fingerprint density at radius 1 is 1.53 bits per heavy atom. The summed E-state index contributed by atoms with van der Waals surface area (Å²) >= 11 is 0. The quantitative estimate of drug-likeness (QED) is 0.711. The van der Waals surface area contributed by atoms with Gasteiger partial charge >= 0.3 is 0 Å². The number of hydrogen-bond donors (Lipinski definition) is 2. The van der Waals surface area contributed by atoms with E-state index in [1.807, 2.05) is 13.0 Å². The summed E-state index contributed by atoms with van der Waals surface area (Å²) in [5.74, 6) is 1.74. The van der Waals surface area contributed by atoms with Crippen LogP contribution in [0.4, 0.5) is 11.5 Å². The van der Waals surface area contributed by atoms with Gasteiger partial charge in [-0.25, -0.2) is 4.98 Å². The van der Waals surface area contributed by atoms with E-state index in [0.29, 0.717) is 0 Å². The van der Waals surface area contributed by atoms with E-state index in [-0.39, 0.29) is 0 Å². The Labute approximate surface area is 103 Å². The van der Waals surface area contributed by atoms with Crippen LogP contribution in [0.1, 0.15) is 24.8 Å². The predicted octanol–water partition coefficient (Wildman–Crippen LogP) is 2.20. The molecule has 1 aromatic heterocycles. The number of ether oxygens (including phenoxy) is 1. The predicted molar refractivity (Wildman–Crippen MR) is 70.0 cm³/mol. The summed E-state index contributed by atoms with van der Waals surface area (Å²) in [7, 11) is 0. The number of nitrogens with two attached hydrogens (primary N) is 1. The summed E-state index contributed by atoms with van der Waals surface area (Å²) in [5, 5.41) is 3.27. The molecule has 3 N–H and O–H groups in total. The number of nitrogen functional groups attached to an aromatic ring is 1. The summed E-state index contributed by atoms with van der Waals surface area (Å²) in [6.07, 6.45) is 5.42. The number of rotatable bonds is 7. The van der Waals surface area contributed by atoms with E-state index in [4.69, 9.17) is 10.5 Å². The van der Waals surface area contributed by atoms with Gasteiger partial charge in [-0.1, -0.05) is 0 Å². The highest BCUT2D eigenvalue weighted by molar-refractivity contribution is 5.50. The Morgan fingerprint density at radius 2 is 2.35 bits per heavy atom. The maximum absolute atomic E-state index is 5.71. The summed E-state index contributed by atoms with van der Waals surface area (Å²) < 4.78 is 5.56. The zero-order valence-electron chi connectivity index (χ0n) is 10.4. The van der Waals surface area contributed by atoms with Crippen LogP contribution >= 0.6 is 0 Å². The molecule has 0 saturated heterocycles. The highest BCUT2D eigenvalue weighted by atomic mass is 16.5. The van der Waals surface area contributed by atoms with Gasteiger partial charge in [-0.2, -0.15) is 0 Å². The molecule has 17 heavy (non-hydrogen) atoms. The summed E-state index contributed by atoms with van der Waals surface area (Å²) in [6, 6.07) is 1.97. The zero-order valence-corrected chi connectivity index (χ0v) is 10.4. The molecule has 2 rings (SSSR count). The summed E-state index contributed by atoms with van der Waals surface area (Å²) in [5.41, 5.74) is 7.51. The molecule has 0 aromatic carbocycles. The van der Waals surface area contributed by atoms with Crippen molar-refractivity contribution in [2.24, 2.45) is 5.92 Å². The second kappa shape index (κ2) is 5.87. The van der Waals surface area contributed by atoms with Gasteiger partial charge in [0.1, 0.15) is 5.82 Å². The lowest BCUT2D eigenvalue weighted by atomic mass is 10.2. The number of nitrogens with zero attached hydrogens (tertiary/aromatic N) is 1. The van der Waals surface area contributed by atoms with Crippen LogP contribution in [0.25, 0.3) is 0 Å². The lowest BCUT2D eigenvalue weighted by molar-refractivity contribution is 0.124. The highest BCUT2D eigenvalue weighted by Crippen LogP contribution is 2.28. The summed E-state index contributed by atoms with van der Waals surface area (Å²) in [4.78, 5) is 4.22. The van der Waals surface area contributed by atoms with Crippen molar-refractivity contribution >= 4 is 11.5 Å². The third kappa shape index (κ3) is 4.23. The molecule has 4 heteroatoms. The molecule has 1 heterocycles. The number of aromatic nitrogens is 1. The van der Waals surface area contributed by atoms with E-state index < -0.39 is 0 Å². The SMILES string of the molecule is Cc1cc(NCCCOCC2CC2)ncc1N. The third-order valence-corrected chi connectivity index (χ3v) is 2.97. The van der Waals surface area contributed by atoms with Gasteiger partial charge in [0.05, 0.1) is 11.9 Å². The molecule has 0 bridgehead atoms. The van der Waals surface area contributed by atoms with Crippen LogP contribution in [0, 0.1) is 12.8 Å². The third-order valence-electron chi connectivity index (χ3n) is 2.97. The first-order valence-electron chi connectivity index (χ1n) is 6.29. The van der Waals surface area contributed by atoms with Crippen molar-refractivity contribution in [3.05, 3.63) is 17.8 Å². The molecular formula is C13H21N3O. The van der Waals surface area contributed by atoms with E-state index in [0.717, 1.165) is 49.2 Å². The second-order valence-corrected chi connectivity index (χ2v) is 4.72. The maximum atomic E-state index is 5.71. The molecule has 1 saturated carbocycles. The topological polar surface area (TPSA) is 60.2 Å². The zero-order chi connectivity index (χ0) is 12.1. The summed E-state index contributed by atoms with van der Waals surface area (Å²) in [6.45, 7) is 4.65. The molecule has 0 aliphatic heterocycles. The number of anilines is 2. The van der Waals surface area contributed by atoms with Gasteiger partial charge in [0.15, 0.2) is 0 Å². The first kappa shape index (κ1) is 12.2. The fourth-order valence-electron chi connectivity index (χ4n) is 1.59. The number of aryl methyl sites for hydroxylation is 1. The van der Waals surface area contributed by atoms with Crippen molar-refractivity contribution in [2.45, 2.75) is 26.2 Å². The average molecular weight is 235 g/mol. The van der Waals surface area contributed by atoms with Gasteiger partial charge in [0, 0.05) is 19.8 Å². The second-order valence-electron chi connectivity index (χ2n) is 4.72. The van der Waals surface area contributed by atoms with Gasteiger partial charge in [-0.15, -0.1) is 0 Å². The van der Waals surface area contributed by atoms with Gasteiger partial charge in [-0.05, 0) is 43.7 Å². The molecule has 0 spiro atoms.